The number of oxazole rings is 1. The first-order valence-corrected chi connectivity index (χ1v) is 4.38. The zero-order valence-electron chi connectivity index (χ0n) is 7.95. The van der Waals surface area contributed by atoms with Crippen LogP contribution in [0, 0.1) is 0 Å². The van der Waals surface area contributed by atoms with Gasteiger partial charge >= 0.3 is 5.97 Å². The topological polar surface area (TPSA) is 101 Å². The monoisotopic (exact) mass is 221 g/mol. The summed E-state index contributed by atoms with van der Waals surface area (Å²) in [6.45, 7) is 0. The lowest BCUT2D eigenvalue weighted by molar-refractivity contribution is -0.148. The number of aliphatic hydroxyl groups excluding tert-OH is 1. The summed E-state index contributed by atoms with van der Waals surface area (Å²) in [4.78, 5) is 24.8. The number of carboxylic acid groups (broad SMARTS) is 1. The molecule has 1 aromatic carbocycles. The summed E-state index contributed by atoms with van der Waals surface area (Å²) in [6.07, 6.45) is -1.16. The molecule has 82 valence electrons. The van der Waals surface area contributed by atoms with Crippen molar-refractivity contribution < 1.29 is 24.2 Å². The number of aldehydes is 1. The predicted octanol–water partition coefficient (Wildman–Crippen LogP) is 0.758. The summed E-state index contributed by atoms with van der Waals surface area (Å²) in [5, 5.41) is 17.8. The molecule has 0 amide bonds. The summed E-state index contributed by atoms with van der Waals surface area (Å²) in [5.41, 5.74) is 1.04. The van der Waals surface area contributed by atoms with Crippen molar-refractivity contribution >= 4 is 23.4 Å². The molecule has 1 atom stereocenters. The van der Waals surface area contributed by atoms with Crippen LogP contribution in [0.1, 0.15) is 22.4 Å². The van der Waals surface area contributed by atoms with Gasteiger partial charge in [-0.15, -0.1) is 0 Å². The summed E-state index contributed by atoms with van der Waals surface area (Å²) < 4.78 is 5.03. The third-order valence-corrected chi connectivity index (χ3v) is 2.03. The molecule has 0 saturated heterocycles. The average Bonchev–Trinajstić information content (AvgIpc) is 2.69. The summed E-state index contributed by atoms with van der Waals surface area (Å²) in [5.74, 6) is -1.74. The van der Waals surface area contributed by atoms with Gasteiger partial charge in [0.1, 0.15) is 11.8 Å². The second kappa shape index (κ2) is 3.74. The molecular weight excluding hydrogens is 214 g/mol. The number of hydrogen-bond donors (Lipinski definition) is 2. The van der Waals surface area contributed by atoms with Crippen LogP contribution < -0.4 is 0 Å². The maximum absolute atomic E-state index is 10.5. The first kappa shape index (κ1) is 10.3. The Labute approximate surface area is 89.1 Å². The maximum Gasteiger partial charge on any atom is 0.342 e. The number of carbonyl (C=O) groups excluding carboxylic acids is 1. The van der Waals surface area contributed by atoms with Gasteiger partial charge in [-0.3, -0.25) is 4.79 Å². The molecule has 0 fully saturated rings. The summed E-state index contributed by atoms with van der Waals surface area (Å²) in [6, 6.07) is 4.46. The number of rotatable bonds is 3. The highest BCUT2D eigenvalue weighted by Crippen LogP contribution is 2.21. The van der Waals surface area contributed by atoms with E-state index in [1.54, 1.807) is 0 Å². The molecule has 2 rings (SSSR count). The lowest BCUT2D eigenvalue weighted by Crippen LogP contribution is -2.10. The minimum absolute atomic E-state index is 0.264. The van der Waals surface area contributed by atoms with Crippen LogP contribution >= 0.6 is 0 Å². The molecule has 1 aromatic heterocycles. The molecule has 0 aliphatic rings. The van der Waals surface area contributed by atoms with E-state index in [2.05, 4.69) is 4.98 Å². The van der Waals surface area contributed by atoms with Crippen molar-refractivity contribution in [3.63, 3.8) is 0 Å². The van der Waals surface area contributed by atoms with Crippen LogP contribution in [0.2, 0.25) is 0 Å². The number of fused-ring (bicyclic) bond motifs is 1. The minimum Gasteiger partial charge on any atom is -0.479 e. The van der Waals surface area contributed by atoms with E-state index in [1.165, 1.54) is 18.2 Å². The fourth-order valence-electron chi connectivity index (χ4n) is 1.25. The first-order valence-electron chi connectivity index (χ1n) is 4.38. The number of aliphatic hydroxyl groups is 1. The highest BCUT2D eigenvalue weighted by molar-refractivity contribution is 5.84. The third-order valence-electron chi connectivity index (χ3n) is 2.03. The highest BCUT2D eigenvalue weighted by atomic mass is 16.4. The number of benzene rings is 1. The van der Waals surface area contributed by atoms with Crippen molar-refractivity contribution in [2.24, 2.45) is 0 Å². The van der Waals surface area contributed by atoms with Crippen molar-refractivity contribution in [3.8, 4) is 0 Å². The van der Waals surface area contributed by atoms with Crippen LogP contribution in [0.5, 0.6) is 0 Å². The van der Waals surface area contributed by atoms with E-state index in [-0.39, 0.29) is 11.5 Å². The molecule has 1 unspecified atom stereocenters. The molecule has 0 spiro atoms. The SMILES string of the molecule is O=Cc1ccc2nc(C(O)C(=O)O)oc2c1. The van der Waals surface area contributed by atoms with Gasteiger partial charge in [0.25, 0.3) is 0 Å². The molecule has 2 N–H and O–H groups in total. The molecular formula is C10H7NO5. The molecule has 6 nitrogen and oxygen atoms in total. The number of carbonyl (C=O) groups is 2. The zero-order valence-corrected chi connectivity index (χ0v) is 7.95. The Hall–Kier alpha value is -2.21. The van der Waals surface area contributed by atoms with Gasteiger partial charge in [0, 0.05) is 5.56 Å². The Morgan fingerprint density at radius 2 is 2.25 bits per heavy atom. The predicted molar refractivity (Wildman–Crippen MR) is 52.0 cm³/mol. The zero-order chi connectivity index (χ0) is 11.7. The Morgan fingerprint density at radius 3 is 2.88 bits per heavy atom. The van der Waals surface area contributed by atoms with Crippen LogP contribution in [-0.2, 0) is 4.79 Å². The molecule has 0 aliphatic carbocycles. The molecule has 1 heterocycles. The third kappa shape index (κ3) is 1.66. The Bertz CT molecular complexity index is 559. The lowest BCUT2D eigenvalue weighted by atomic mass is 10.2. The van der Waals surface area contributed by atoms with E-state index in [9.17, 15) is 14.7 Å². The van der Waals surface area contributed by atoms with Gasteiger partial charge in [0.15, 0.2) is 5.58 Å². The number of aliphatic carboxylic acids is 1. The smallest absolute Gasteiger partial charge is 0.342 e. The van der Waals surface area contributed by atoms with Gasteiger partial charge < -0.3 is 14.6 Å². The quantitative estimate of drug-likeness (QED) is 0.742. The van der Waals surface area contributed by atoms with Crippen molar-refractivity contribution in [3.05, 3.63) is 29.7 Å². The normalized spacial score (nSPS) is 12.6. The van der Waals surface area contributed by atoms with Crippen LogP contribution in [0.3, 0.4) is 0 Å². The molecule has 0 saturated carbocycles. The minimum atomic E-state index is -1.80. The lowest BCUT2D eigenvalue weighted by Gasteiger charge is -1.96. The molecule has 6 heteroatoms. The van der Waals surface area contributed by atoms with Gasteiger partial charge in [-0.05, 0) is 18.2 Å². The molecule has 0 bridgehead atoms. The number of carboxylic acids is 1. The van der Waals surface area contributed by atoms with E-state index in [4.69, 9.17) is 9.52 Å². The van der Waals surface area contributed by atoms with Gasteiger partial charge in [-0.2, -0.15) is 0 Å². The van der Waals surface area contributed by atoms with Crippen molar-refractivity contribution in [2.75, 3.05) is 0 Å². The Kier molecular flexibility index (Phi) is 2.41. The largest absolute Gasteiger partial charge is 0.479 e. The fourth-order valence-corrected chi connectivity index (χ4v) is 1.25. The van der Waals surface area contributed by atoms with E-state index >= 15 is 0 Å². The van der Waals surface area contributed by atoms with E-state index in [0.717, 1.165) is 0 Å². The summed E-state index contributed by atoms with van der Waals surface area (Å²) in [7, 11) is 0. The Morgan fingerprint density at radius 1 is 1.50 bits per heavy atom. The van der Waals surface area contributed by atoms with E-state index < -0.39 is 12.1 Å². The average molecular weight is 221 g/mol. The van der Waals surface area contributed by atoms with Crippen molar-refractivity contribution in [2.45, 2.75) is 6.10 Å². The second-order valence-electron chi connectivity index (χ2n) is 3.14. The van der Waals surface area contributed by atoms with E-state index in [1.807, 2.05) is 0 Å². The number of aromatic nitrogens is 1. The van der Waals surface area contributed by atoms with Crippen LogP contribution in [-0.4, -0.2) is 27.5 Å². The van der Waals surface area contributed by atoms with E-state index in [0.29, 0.717) is 17.4 Å². The highest BCUT2D eigenvalue weighted by Gasteiger charge is 2.22. The van der Waals surface area contributed by atoms with Crippen LogP contribution in [0.25, 0.3) is 11.1 Å². The molecule has 16 heavy (non-hydrogen) atoms. The number of hydrogen-bond acceptors (Lipinski definition) is 5. The van der Waals surface area contributed by atoms with Gasteiger partial charge in [-0.1, -0.05) is 0 Å². The fraction of sp³-hybridized carbons (Fsp3) is 0.100. The molecule has 0 radical (unpaired) electrons. The van der Waals surface area contributed by atoms with Crippen molar-refractivity contribution in [1.82, 2.24) is 4.98 Å². The standard InChI is InChI=1S/C10H7NO5/c12-4-5-1-2-6-7(3-5)16-9(11-6)8(13)10(14)15/h1-4,8,13H,(H,14,15). The second-order valence-corrected chi connectivity index (χ2v) is 3.14. The molecule has 2 aromatic rings. The van der Waals surface area contributed by atoms with Gasteiger partial charge in [0.05, 0.1) is 0 Å². The van der Waals surface area contributed by atoms with Crippen LogP contribution in [0.4, 0.5) is 0 Å². The van der Waals surface area contributed by atoms with Crippen LogP contribution in [0.15, 0.2) is 22.6 Å². The maximum atomic E-state index is 10.5. The van der Waals surface area contributed by atoms with Gasteiger partial charge in [-0.25, -0.2) is 9.78 Å². The molecule has 0 aliphatic heterocycles. The van der Waals surface area contributed by atoms with Gasteiger partial charge in [0.2, 0.25) is 12.0 Å². The Balaban J connectivity index is 2.51. The first-order chi connectivity index (χ1) is 7.61. The van der Waals surface area contributed by atoms with Crippen molar-refractivity contribution in [1.29, 1.82) is 0 Å². The number of nitrogens with zero attached hydrogens (tertiary/aromatic N) is 1. The summed E-state index contributed by atoms with van der Waals surface area (Å²) >= 11 is 0.